The Kier molecular flexibility index (Phi) is 5.83. The molecular formula is C17H25N5O3. The minimum absolute atomic E-state index is 0.137. The first kappa shape index (κ1) is 17.6. The molecule has 2 aliphatic heterocycles. The summed E-state index contributed by atoms with van der Waals surface area (Å²) in [6.07, 6.45) is 4.75. The molecule has 2 saturated heterocycles. The first-order valence-corrected chi connectivity index (χ1v) is 8.69. The molecule has 1 atom stereocenters. The lowest BCUT2D eigenvalue weighted by atomic mass is 10.0. The molecule has 1 aromatic heterocycles. The maximum absolute atomic E-state index is 12.4. The summed E-state index contributed by atoms with van der Waals surface area (Å²) < 4.78 is 5.27. The third-order valence-electron chi connectivity index (χ3n) is 4.74. The van der Waals surface area contributed by atoms with Gasteiger partial charge in [-0.05, 0) is 30.5 Å². The lowest BCUT2D eigenvalue weighted by Gasteiger charge is -2.35. The summed E-state index contributed by atoms with van der Waals surface area (Å²) in [5.74, 6) is -0.526. The number of likely N-dealkylation sites (tertiary alicyclic amines) is 1. The van der Waals surface area contributed by atoms with Crippen molar-refractivity contribution >= 4 is 11.9 Å². The van der Waals surface area contributed by atoms with E-state index in [4.69, 9.17) is 10.5 Å². The summed E-state index contributed by atoms with van der Waals surface area (Å²) in [6, 6.07) is 4.08. The van der Waals surface area contributed by atoms with Gasteiger partial charge in [-0.25, -0.2) is 4.79 Å². The standard InChI is InChI=1S/C17H25N5O3/c18-16(23)15-12-22(9-10-25-15)17(24)20-14-3-7-21(8-4-14)11-13-1-5-19-6-2-13/h1-2,5-6,14-15H,3-4,7-12H2,(H2,18,23)(H,20,24). The molecule has 25 heavy (non-hydrogen) atoms. The minimum Gasteiger partial charge on any atom is -0.367 e. The number of hydrogen-bond donors (Lipinski definition) is 2. The molecule has 8 heteroatoms. The number of hydrogen-bond acceptors (Lipinski definition) is 5. The Morgan fingerprint density at radius 2 is 1.96 bits per heavy atom. The molecule has 2 fully saturated rings. The molecule has 3 N–H and O–H groups in total. The van der Waals surface area contributed by atoms with Gasteiger partial charge in [0.2, 0.25) is 5.91 Å². The summed E-state index contributed by atoms with van der Waals surface area (Å²) in [4.78, 5) is 31.7. The number of nitrogens with two attached hydrogens (primary N) is 1. The van der Waals surface area contributed by atoms with E-state index >= 15 is 0 Å². The highest BCUT2D eigenvalue weighted by atomic mass is 16.5. The fourth-order valence-corrected chi connectivity index (χ4v) is 3.25. The number of amides is 3. The lowest BCUT2D eigenvalue weighted by molar-refractivity contribution is -0.133. The molecule has 0 aromatic carbocycles. The van der Waals surface area contributed by atoms with Crippen LogP contribution in [-0.4, -0.2) is 71.7 Å². The number of urea groups is 1. The van der Waals surface area contributed by atoms with Crippen LogP contribution in [0.5, 0.6) is 0 Å². The summed E-state index contributed by atoms with van der Waals surface area (Å²) in [5, 5.41) is 3.08. The average Bonchev–Trinajstić information content (AvgIpc) is 2.64. The number of pyridine rings is 1. The number of ether oxygens (including phenoxy) is 1. The van der Waals surface area contributed by atoms with E-state index < -0.39 is 12.0 Å². The predicted molar refractivity (Wildman–Crippen MR) is 91.6 cm³/mol. The molecule has 3 amide bonds. The summed E-state index contributed by atoms with van der Waals surface area (Å²) in [6.45, 7) is 3.84. The van der Waals surface area contributed by atoms with Crippen molar-refractivity contribution in [2.24, 2.45) is 5.73 Å². The minimum atomic E-state index is -0.707. The van der Waals surface area contributed by atoms with E-state index in [1.165, 1.54) is 5.56 Å². The van der Waals surface area contributed by atoms with Crippen molar-refractivity contribution in [2.45, 2.75) is 31.5 Å². The molecule has 136 valence electrons. The van der Waals surface area contributed by atoms with E-state index in [9.17, 15) is 9.59 Å². The Labute approximate surface area is 147 Å². The normalized spacial score (nSPS) is 22.6. The van der Waals surface area contributed by atoms with Crippen LogP contribution in [0.4, 0.5) is 4.79 Å². The van der Waals surface area contributed by atoms with Crippen LogP contribution in [0.1, 0.15) is 18.4 Å². The Morgan fingerprint density at radius 1 is 1.24 bits per heavy atom. The number of carbonyl (C=O) groups is 2. The molecule has 3 rings (SSSR count). The SMILES string of the molecule is NC(=O)C1CN(C(=O)NC2CCN(Cc3ccncc3)CC2)CCO1. The van der Waals surface area contributed by atoms with Crippen LogP contribution in [0.3, 0.4) is 0 Å². The van der Waals surface area contributed by atoms with E-state index in [1.807, 2.05) is 24.5 Å². The van der Waals surface area contributed by atoms with Gasteiger partial charge in [-0.3, -0.25) is 14.7 Å². The van der Waals surface area contributed by atoms with Crippen molar-refractivity contribution in [1.29, 1.82) is 0 Å². The maximum atomic E-state index is 12.4. The van der Waals surface area contributed by atoms with E-state index in [2.05, 4.69) is 15.2 Å². The van der Waals surface area contributed by atoms with Crippen LogP contribution in [0.15, 0.2) is 24.5 Å². The third kappa shape index (κ3) is 4.90. The van der Waals surface area contributed by atoms with Crippen molar-refractivity contribution < 1.29 is 14.3 Å². The van der Waals surface area contributed by atoms with Crippen molar-refractivity contribution in [3.05, 3.63) is 30.1 Å². The first-order valence-electron chi connectivity index (χ1n) is 8.69. The number of primary amides is 1. The summed E-state index contributed by atoms with van der Waals surface area (Å²) in [7, 11) is 0. The smallest absolute Gasteiger partial charge is 0.317 e. The molecule has 0 bridgehead atoms. The molecule has 1 unspecified atom stereocenters. The Balaban J connectivity index is 1.42. The Hall–Kier alpha value is -2.19. The van der Waals surface area contributed by atoms with Crippen LogP contribution in [0.2, 0.25) is 0 Å². The average molecular weight is 347 g/mol. The van der Waals surface area contributed by atoms with Crippen LogP contribution < -0.4 is 11.1 Å². The highest BCUT2D eigenvalue weighted by molar-refractivity contribution is 5.81. The summed E-state index contributed by atoms with van der Waals surface area (Å²) in [5.41, 5.74) is 6.51. The van der Waals surface area contributed by atoms with Gasteiger partial charge < -0.3 is 20.7 Å². The van der Waals surface area contributed by atoms with Gasteiger partial charge in [0, 0.05) is 44.6 Å². The van der Waals surface area contributed by atoms with Crippen LogP contribution in [-0.2, 0) is 16.1 Å². The molecule has 3 heterocycles. The van der Waals surface area contributed by atoms with Crippen LogP contribution in [0.25, 0.3) is 0 Å². The van der Waals surface area contributed by atoms with Gasteiger partial charge in [-0.2, -0.15) is 0 Å². The topological polar surface area (TPSA) is 101 Å². The van der Waals surface area contributed by atoms with E-state index in [1.54, 1.807) is 4.90 Å². The number of rotatable bonds is 4. The number of nitrogens with one attached hydrogen (secondary N) is 1. The second kappa shape index (κ2) is 8.26. The fraction of sp³-hybridized carbons (Fsp3) is 0.588. The largest absolute Gasteiger partial charge is 0.367 e. The zero-order chi connectivity index (χ0) is 17.6. The van der Waals surface area contributed by atoms with Gasteiger partial charge in [-0.1, -0.05) is 0 Å². The van der Waals surface area contributed by atoms with Crippen molar-refractivity contribution in [3.63, 3.8) is 0 Å². The van der Waals surface area contributed by atoms with Gasteiger partial charge in [0.15, 0.2) is 6.10 Å². The quantitative estimate of drug-likeness (QED) is 0.795. The molecule has 2 aliphatic rings. The number of aromatic nitrogens is 1. The van der Waals surface area contributed by atoms with E-state index in [-0.39, 0.29) is 18.6 Å². The van der Waals surface area contributed by atoms with Gasteiger partial charge in [0.25, 0.3) is 0 Å². The highest BCUT2D eigenvalue weighted by Gasteiger charge is 2.29. The second-order valence-corrected chi connectivity index (χ2v) is 6.56. The monoisotopic (exact) mass is 347 g/mol. The van der Waals surface area contributed by atoms with Gasteiger partial charge in [0.1, 0.15) is 0 Å². The first-order chi connectivity index (χ1) is 12.1. The van der Waals surface area contributed by atoms with E-state index in [0.29, 0.717) is 13.2 Å². The molecule has 0 radical (unpaired) electrons. The molecular weight excluding hydrogens is 322 g/mol. The van der Waals surface area contributed by atoms with Crippen molar-refractivity contribution in [1.82, 2.24) is 20.1 Å². The maximum Gasteiger partial charge on any atom is 0.317 e. The summed E-state index contributed by atoms with van der Waals surface area (Å²) >= 11 is 0. The third-order valence-corrected chi connectivity index (χ3v) is 4.74. The van der Waals surface area contributed by atoms with Crippen molar-refractivity contribution in [3.8, 4) is 0 Å². The fourth-order valence-electron chi connectivity index (χ4n) is 3.25. The van der Waals surface area contributed by atoms with Gasteiger partial charge in [-0.15, -0.1) is 0 Å². The van der Waals surface area contributed by atoms with Crippen LogP contribution in [0, 0.1) is 0 Å². The number of carbonyl (C=O) groups excluding carboxylic acids is 2. The zero-order valence-corrected chi connectivity index (χ0v) is 14.3. The number of piperidine rings is 1. The highest BCUT2D eigenvalue weighted by Crippen LogP contribution is 2.14. The molecule has 1 aromatic rings. The van der Waals surface area contributed by atoms with Gasteiger partial charge >= 0.3 is 6.03 Å². The number of morpholine rings is 1. The predicted octanol–water partition coefficient (Wildman–Crippen LogP) is -0.0583. The van der Waals surface area contributed by atoms with E-state index in [0.717, 1.165) is 32.5 Å². The number of nitrogens with zero attached hydrogens (tertiary/aromatic N) is 3. The van der Waals surface area contributed by atoms with Gasteiger partial charge in [0.05, 0.1) is 13.2 Å². The Bertz CT molecular complexity index is 589. The second-order valence-electron chi connectivity index (χ2n) is 6.56. The lowest BCUT2D eigenvalue weighted by Crippen LogP contribution is -2.55. The van der Waals surface area contributed by atoms with Crippen LogP contribution >= 0.6 is 0 Å². The zero-order valence-electron chi connectivity index (χ0n) is 14.3. The van der Waals surface area contributed by atoms with Crippen molar-refractivity contribution in [2.75, 3.05) is 32.8 Å². The molecule has 0 saturated carbocycles. The molecule has 0 spiro atoms. The Morgan fingerprint density at radius 3 is 2.64 bits per heavy atom. The molecule has 0 aliphatic carbocycles. The molecule has 8 nitrogen and oxygen atoms in total.